The van der Waals surface area contributed by atoms with Crippen LogP contribution in [-0.2, 0) is 36.8 Å². The summed E-state index contributed by atoms with van der Waals surface area (Å²) in [5.74, 6) is -5.01. The van der Waals surface area contributed by atoms with E-state index in [2.05, 4.69) is 44.5 Å². The van der Waals surface area contributed by atoms with Gasteiger partial charge in [0.25, 0.3) is 0 Å². The number of nitrogens with one attached hydrogen (secondary N) is 8. The van der Waals surface area contributed by atoms with Crippen LogP contribution in [0.5, 0.6) is 5.75 Å². The van der Waals surface area contributed by atoms with Crippen LogP contribution >= 0.6 is 12.6 Å². The number of thiol groups is 1. The third-order valence-corrected chi connectivity index (χ3v) is 9.02. The third kappa shape index (κ3) is 15.0. The zero-order chi connectivity index (χ0) is 41.2. The SMILES string of the molecule is N=C(N)NCCC[C@H](NC(=O)[C@@H](N)CCCNC(=N)N)C(=O)N[C@@H](Cc1ccc2ccccc2c1)C(=O)N[C@@H](CS)C(=O)N[C@@H](Cc1ccc(O)cc1)C(=O)O. The number of aromatic hydroxyl groups is 1. The predicted octanol–water partition coefficient (Wildman–Crippen LogP) is -0.862. The molecule has 0 fully saturated rings. The van der Waals surface area contributed by atoms with Crippen LogP contribution in [0.2, 0.25) is 0 Å². The summed E-state index contributed by atoms with van der Waals surface area (Å²) in [6.45, 7) is 0.519. The van der Waals surface area contributed by atoms with Crippen molar-refractivity contribution in [2.45, 2.75) is 68.7 Å². The summed E-state index contributed by atoms with van der Waals surface area (Å²) in [6, 6.07) is 12.7. The Morgan fingerprint density at radius 2 is 1.14 bits per heavy atom. The number of carboxylic acids is 1. The molecular weight excluding hydrogens is 743 g/mol. The van der Waals surface area contributed by atoms with Gasteiger partial charge in [0.2, 0.25) is 23.6 Å². The molecule has 0 saturated carbocycles. The molecule has 0 heterocycles. The maximum Gasteiger partial charge on any atom is 0.326 e. The first-order valence-electron chi connectivity index (χ1n) is 17.9. The fraction of sp³-hybridized carbons (Fsp3) is 0.378. The molecule has 0 saturated heterocycles. The number of amides is 4. The molecule has 56 heavy (non-hydrogen) atoms. The quantitative estimate of drug-likeness (QED) is 0.0256. The molecule has 16 N–H and O–H groups in total. The lowest BCUT2D eigenvalue weighted by atomic mass is 10.00. The van der Waals surface area contributed by atoms with E-state index in [-0.39, 0.29) is 62.1 Å². The average Bonchev–Trinajstić information content (AvgIpc) is 3.16. The molecular formula is C37H51N11O7S. The molecule has 0 spiro atoms. The van der Waals surface area contributed by atoms with E-state index in [4.69, 9.17) is 28.0 Å². The molecule has 3 aromatic carbocycles. The van der Waals surface area contributed by atoms with Crippen LogP contribution in [0, 0.1) is 10.8 Å². The first-order valence-corrected chi connectivity index (χ1v) is 18.5. The molecule has 5 atom stereocenters. The number of rotatable bonds is 22. The van der Waals surface area contributed by atoms with Gasteiger partial charge in [0.15, 0.2) is 11.9 Å². The van der Waals surface area contributed by atoms with Crippen molar-refractivity contribution in [3.8, 4) is 5.75 Å². The number of carbonyl (C=O) groups excluding carboxylic acids is 4. The number of aliphatic carboxylic acids is 1. The van der Waals surface area contributed by atoms with E-state index in [0.29, 0.717) is 24.1 Å². The molecule has 0 unspecified atom stereocenters. The molecule has 3 aromatic rings. The van der Waals surface area contributed by atoms with Crippen molar-refractivity contribution in [1.82, 2.24) is 31.9 Å². The number of phenols is 1. The Bertz CT molecular complexity index is 1850. The summed E-state index contributed by atoms with van der Waals surface area (Å²) >= 11 is 4.24. The van der Waals surface area contributed by atoms with Gasteiger partial charge in [-0.3, -0.25) is 30.0 Å². The van der Waals surface area contributed by atoms with Gasteiger partial charge in [-0.05, 0) is 59.7 Å². The van der Waals surface area contributed by atoms with E-state index in [9.17, 15) is 34.2 Å². The minimum atomic E-state index is -1.38. The monoisotopic (exact) mass is 793 g/mol. The highest BCUT2D eigenvalue weighted by molar-refractivity contribution is 7.80. The summed E-state index contributed by atoms with van der Waals surface area (Å²) < 4.78 is 0. The van der Waals surface area contributed by atoms with Gasteiger partial charge in [-0.15, -0.1) is 0 Å². The van der Waals surface area contributed by atoms with Crippen LogP contribution in [0.1, 0.15) is 36.8 Å². The van der Waals surface area contributed by atoms with Gasteiger partial charge in [0.1, 0.15) is 29.9 Å². The van der Waals surface area contributed by atoms with Gasteiger partial charge in [-0.2, -0.15) is 12.6 Å². The van der Waals surface area contributed by atoms with E-state index in [1.807, 2.05) is 36.4 Å². The first kappa shape index (κ1) is 44.3. The Hall–Kier alpha value is -6.08. The van der Waals surface area contributed by atoms with Gasteiger partial charge in [0.05, 0.1) is 6.04 Å². The van der Waals surface area contributed by atoms with Crippen molar-refractivity contribution in [3.05, 3.63) is 77.9 Å². The summed E-state index contributed by atoms with van der Waals surface area (Å²) in [4.78, 5) is 66.5. The van der Waals surface area contributed by atoms with Crippen molar-refractivity contribution in [2.75, 3.05) is 18.8 Å². The Morgan fingerprint density at radius 1 is 0.643 bits per heavy atom. The summed E-state index contributed by atoms with van der Waals surface area (Å²) in [7, 11) is 0. The van der Waals surface area contributed by atoms with Gasteiger partial charge < -0.3 is 59.3 Å². The van der Waals surface area contributed by atoms with Crippen molar-refractivity contribution >= 4 is 64.9 Å². The molecule has 0 aliphatic heterocycles. The maximum atomic E-state index is 14.0. The number of guanidine groups is 2. The topological polar surface area (TPSA) is 324 Å². The lowest BCUT2D eigenvalue weighted by Gasteiger charge is -2.26. The minimum Gasteiger partial charge on any atom is -0.508 e. The highest BCUT2D eigenvalue weighted by atomic mass is 32.1. The van der Waals surface area contributed by atoms with Crippen LogP contribution in [0.4, 0.5) is 0 Å². The Balaban J connectivity index is 1.83. The summed E-state index contributed by atoms with van der Waals surface area (Å²) in [5.41, 5.74) is 18.0. The van der Waals surface area contributed by atoms with E-state index in [1.54, 1.807) is 6.07 Å². The lowest BCUT2D eigenvalue weighted by molar-refractivity contribution is -0.142. The van der Waals surface area contributed by atoms with E-state index in [1.165, 1.54) is 24.3 Å². The number of fused-ring (bicyclic) bond motifs is 1. The number of carbonyl (C=O) groups is 5. The molecule has 0 bridgehead atoms. The van der Waals surface area contributed by atoms with Crippen molar-refractivity contribution in [3.63, 3.8) is 0 Å². The molecule has 4 amide bonds. The smallest absolute Gasteiger partial charge is 0.326 e. The number of carboxylic acid groups (broad SMARTS) is 1. The van der Waals surface area contributed by atoms with Crippen molar-refractivity contribution in [2.24, 2.45) is 17.2 Å². The minimum absolute atomic E-state index is 0.00894. The van der Waals surface area contributed by atoms with Crippen LogP contribution in [0.25, 0.3) is 10.8 Å². The van der Waals surface area contributed by atoms with Crippen LogP contribution in [0.3, 0.4) is 0 Å². The molecule has 18 nitrogen and oxygen atoms in total. The van der Waals surface area contributed by atoms with Gasteiger partial charge in [0, 0.05) is 31.7 Å². The predicted molar refractivity (Wildman–Crippen MR) is 215 cm³/mol. The zero-order valence-electron chi connectivity index (χ0n) is 30.7. The zero-order valence-corrected chi connectivity index (χ0v) is 31.6. The van der Waals surface area contributed by atoms with Crippen LogP contribution in [-0.4, -0.2) is 101 Å². The second kappa shape index (κ2) is 22.3. The molecule has 0 aromatic heterocycles. The van der Waals surface area contributed by atoms with E-state index < -0.39 is 59.8 Å². The number of nitrogens with two attached hydrogens (primary N) is 3. The number of phenolic OH excluding ortho intramolecular Hbond substituents is 1. The Labute approximate surface area is 329 Å². The normalized spacial score (nSPS) is 13.5. The van der Waals surface area contributed by atoms with E-state index in [0.717, 1.165) is 10.8 Å². The Kier molecular flexibility index (Phi) is 17.7. The highest BCUT2D eigenvalue weighted by Crippen LogP contribution is 2.17. The second-order valence-corrected chi connectivity index (χ2v) is 13.5. The average molecular weight is 794 g/mol. The fourth-order valence-electron chi connectivity index (χ4n) is 5.64. The van der Waals surface area contributed by atoms with Gasteiger partial charge >= 0.3 is 5.97 Å². The largest absolute Gasteiger partial charge is 0.508 e. The molecule has 302 valence electrons. The fourth-order valence-corrected chi connectivity index (χ4v) is 5.90. The Morgan fingerprint density at radius 3 is 1.75 bits per heavy atom. The standard InChI is InChI=1S/C37H51N11O7S/c38-26(7-3-15-43-36(39)40)31(50)45-27(8-4-16-44-37(41)42)32(51)46-28(19-22-9-12-23-5-1-2-6-24(23)17-22)33(52)48-30(20-56)34(53)47-29(35(54)55)18-21-10-13-25(49)14-11-21/h1-2,5-6,9-14,17,26-30,49,56H,3-4,7-8,15-16,18-20,38H2,(H,45,50)(H,46,51)(H,47,53)(H,48,52)(H,54,55)(H4,39,40,43)(H4,41,42,44)/t26-,27-,28-,29-,30-/m0/s1. The van der Waals surface area contributed by atoms with Crippen molar-refractivity contribution < 1.29 is 34.2 Å². The molecule has 0 aliphatic carbocycles. The molecule has 19 heteroatoms. The lowest BCUT2D eigenvalue weighted by Crippen LogP contribution is -2.59. The summed E-state index contributed by atoms with van der Waals surface area (Å²) in [6.07, 6.45) is 0.837. The highest BCUT2D eigenvalue weighted by Gasteiger charge is 2.32. The molecule has 0 radical (unpaired) electrons. The number of benzene rings is 3. The van der Waals surface area contributed by atoms with Crippen LogP contribution < -0.4 is 49.1 Å². The molecule has 3 rings (SSSR count). The number of hydrogen-bond donors (Lipinski definition) is 14. The first-order chi connectivity index (χ1) is 26.7. The summed E-state index contributed by atoms with van der Waals surface area (Å²) in [5, 5.41) is 51.6. The van der Waals surface area contributed by atoms with Crippen molar-refractivity contribution in [1.29, 1.82) is 10.8 Å². The number of hydrogen-bond acceptors (Lipinski definition) is 10. The van der Waals surface area contributed by atoms with Crippen LogP contribution in [0.15, 0.2) is 66.7 Å². The third-order valence-electron chi connectivity index (χ3n) is 8.66. The second-order valence-electron chi connectivity index (χ2n) is 13.1. The maximum absolute atomic E-state index is 14.0. The van der Waals surface area contributed by atoms with E-state index >= 15 is 0 Å². The molecule has 0 aliphatic rings. The van der Waals surface area contributed by atoms with Gasteiger partial charge in [-0.25, -0.2) is 4.79 Å². The van der Waals surface area contributed by atoms with Gasteiger partial charge in [-0.1, -0.05) is 54.6 Å².